The van der Waals surface area contributed by atoms with Crippen LogP contribution in [0.25, 0.3) is 0 Å². The van der Waals surface area contributed by atoms with Crippen LogP contribution in [0.4, 0.5) is 5.69 Å². The van der Waals surface area contributed by atoms with E-state index in [0.717, 1.165) is 12.1 Å². The van der Waals surface area contributed by atoms with Crippen LogP contribution in [-0.4, -0.2) is 26.3 Å². The minimum absolute atomic E-state index is 0.0350. The van der Waals surface area contributed by atoms with Gasteiger partial charge in [0.1, 0.15) is 6.33 Å². The highest BCUT2D eigenvalue weighted by Gasteiger charge is 2.18. The molecular formula is C15H20N4OS. The highest BCUT2D eigenvalue weighted by atomic mass is 32.2. The molecule has 0 radical (unpaired) electrons. The molecular weight excluding hydrogens is 284 g/mol. The third-order valence-electron chi connectivity index (χ3n) is 3.41. The Kier molecular flexibility index (Phi) is 5.38. The van der Waals surface area contributed by atoms with Crippen molar-refractivity contribution in [1.29, 1.82) is 0 Å². The summed E-state index contributed by atoms with van der Waals surface area (Å²) in [5.41, 5.74) is 2.06. The molecule has 2 rings (SSSR count). The molecule has 1 amide bonds. The van der Waals surface area contributed by atoms with Crippen molar-refractivity contribution >= 4 is 23.4 Å². The number of nitrogens with zero attached hydrogens (tertiary/aromatic N) is 2. The first-order valence-electron chi connectivity index (χ1n) is 7.03. The Morgan fingerprint density at radius 3 is 2.81 bits per heavy atom. The van der Waals surface area contributed by atoms with Crippen molar-refractivity contribution in [2.24, 2.45) is 0 Å². The lowest BCUT2D eigenvalue weighted by Crippen LogP contribution is -2.23. The van der Waals surface area contributed by atoms with E-state index in [1.807, 2.05) is 25.1 Å². The van der Waals surface area contributed by atoms with Crippen LogP contribution in [0.1, 0.15) is 38.7 Å². The van der Waals surface area contributed by atoms with Crippen LogP contribution in [0.2, 0.25) is 0 Å². The number of hydrogen-bond acceptors (Lipinski definition) is 4. The Hall–Kier alpha value is -1.82. The van der Waals surface area contributed by atoms with Gasteiger partial charge in [-0.05, 0) is 30.9 Å². The number of benzene rings is 1. The zero-order valence-corrected chi connectivity index (χ0v) is 13.3. The van der Waals surface area contributed by atoms with Crippen LogP contribution in [0.15, 0.2) is 35.7 Å². The van der Waals surface area contributed by atoms with Gasteiger partial charge in [0.15, 0.2) is 5.16 Å². The maximum absolute atomic E-state index is 12.3. The van der Waals surface area contributed by atoms with E-state index in [1.54, 1.807) is 0 Å². The molecule has 1 aromatic carbocycles. The van der Waals surface area contributed by atoms with Crippen LogP contribution in [0.5, 0.6) is 0 Å². The van der Waals surface area contributed by atoms with Crippen LogP contribution in [-0.2, 0) is 4.79 Å². The Bertz CT molecular complexity index is 585. The van der Waals surface area contributed by atoms with Crippen molar-refractivity contribution in [1.82, 2.24) is 15.2 Å². The number of carbonyl (C=O) groups is 1. The summed E-state index contributed by atoms with van der Waals surface area (Å²) >= 11 is 1.36. The minimum Gasteiger partial charge on any atom is -0.325 e. The zero-order valence-electron chi connectivity index (χ0n) is 12.5. The molecule has 0 saturated carbocycles. The SMILES string of the molecule is CC[C@@H](C)c1ccccc1NC(=O)[C@@H](C)Sc1ncn[nH]1. The predicted molar refractivity (Wildman–Crippen MR) is 85.5 cm³/mol. The standard InChI is InChI=1S/C15H20N4OS/c1-4-10(2)12-7-5-6-8-13(12)18-14(20)11(3)21-15-16-9-17-19-15/h5-11H,4H2,1-3H3,(H,18,20)(H,16,17,19)/t10-,11-/m1/s1. The van der Waals surface area contributed by atoms with Gasteiger partial charge in [-0.15, -0.1) is 0 Å². The number of aromatic amines is 1. The number of hydrogen-bond donors (Lipinski definition) is 2. The summed E-state index contributed by atoms with van der Waals surface area (Å²) < 4.78 is 0. The van der Waals surface area contributed by atoms with E-state index in [9.17, 15) is 4.79 Å². The van der Waals surface area contributed by atoms with Crippen molar-refractivity contribution in [2.45, 2.75) is 43.5 Å². The number of aromatic nitrogens is 3. The molecule has 0 saturated heterocycles. The van der Waals surface area contributed by atoms with Gasteiger partial charge in [0.25, 0.3) is 0 Å². The molecule has 2 atom stereocenters. The van der Waals surface area contributed by atoms with Gasteiger partial charge >= 0.3 is 0 Å². The lowest BCUT2D eigenvalue weighted by Gasteiger charge is -2.17. The second-order valence-corrected chi connectivity index (χ2v) is 6.27. The molecule has 0 spiro atoms. The molecule has 0 unspecified atom stereocenters. The molecule has 1 aromatic heterocycles. The van der Waals surface area contributed by atoms with E-state index < -0.39 is 0 Å². The molecule has 6 heteroatoms. The summed E-state index contributed by atoms with van der Waals surface area (Å²) in [4.78, 5) is 16.3. The number of para-hydroxylation sites is 1. The van der Waals surface area contributed by atoms with Gasteiger partial charge in [-0.25, -0.2) is 4.98 Å². The number of amides is 1. The molecule has 21 heavy (non-hydrogen) atoms. The highest BCUT2D eigenvalue weighted by Crippen LogP contribution is 2.27. The fourth-order valence-corrected chi connectivity index (χ4v) is 2.68. The van der Waals surface area contributed by atoms with Gasteiger partial charge < -0.3 is 5.32 Å². The van der Waals surface area contributed by atoms with Gasteiger partial charge in [-0.1, -0.05) is 43.8 Å². The zero-order chi connectivity index (χ0) is 15.2. The van der Waals surface area contributed by atoms with Crippen LogP contribution in [0.3, 0.4) is 0 Å². The molecule has 1 heterocycles. The molecule has 0 bridgehead atoms. The number of anilines is 1. The van der Waals surface area contributed by atoms with E-state index in [-0.39, 0.29) is 11.2 Å². The fourth-order valence-electron chi connectivity index (χ4n) is 1.97. The Labute approximate surface area is 128 Å². The quantitative estimate of drug-likeness (QED) is 0.802. The molecule has 0 aliphatic heterocycles. The Morgan fingerprint density at radius 2 is 2.14 bits per heavy atom. The Morgan fingerprint density at radius 1 is 1.38 bits per heavy atom. The van der Waals surface area contributed by atoms with Crippen molar-refractivity contribution in [3.63, 3.8) is 0 Å². The summed E-state index contributed by atoms with van der Waals surface area (Å²) in [5, 5.41) is 9.94. The third kappa shape index (κ3) is 4.07. The summed E-state index contributed by atoms with van der Waals surface area (Å²) in [6, 6.07) is 7.96. The smallest absolute Gasteiger partial charge is 0.237 e. The van der Waals surface area contributed by atoms with Crippen LogP contribution in [0, 0.1) is 0 Å². The monoisotopic (exact) mass is 304 g/mol. The molecule has 0 aliphatic carbocycles. The normalized spacial score (nSPS) is 13.7. The van der Waals surface area contributed by atoms with E-state index in [0.29, 0.717) is 11.1 Å². The first-order valence-corrected chi connectivity index (χ1v) is 7.91. The van der Waals surface area contributed by atoms with Gasteiger partial charge in [0, 0.05) is 5.69 Å². The van der Waals surface area contributed by atoms with Gasteiger partial charge in [-0.3, -0.25) is 9.89 Å². The largest absolute Gasteiger partial charge is 0.325 e. The Balaban J connectivity index is 2.05. The number of rotatable bonds is 6. The third-order valence-corrected chi connectivity index (χ3v) is 4.40. The summed E-state index contributed by atoms with van der Waals surface area (Å²) in [6.07, 6.45) is 2.47. The van der Waals surface area contributed by atoms with Crippen LogP contribution < -0.4 is 5.32 Å². The number of thioether (sulfide) groups is 1. The lowest BCUT2D eigenvalue weighted by molar-refractivity contribution is -0.115. The summed E-state index contributed by atoms with van der Waals surface area (Å²) in [7, 11) is 0. The maximum Gasteiger partial charge on any atom is 0.237 e. The number of H-pyrrole nitrogens is 1. The second kappa shape index (κ2) is 7.26. The highest BCUT2D eigenvalue weighted by molar-refractivity contribution is 8.00. The van der Waals surface area contributed by atoms with Gasteiger partial charge in [0.2, 0.25) is 5.91 Å². The van der Waals surface area contributed by atoms with Crippen molar-refractivity contribution in [2.75, 3.05) is 5.32 Å². The molecule has 2 N–H and O–H groups in total. The average molecular weight is 304 g/mol. The number of carbonyl (C=O) groups excluding carboxylic acids is 1. The minimum atomic E-state index is -0.247. The van der Waals surface area contributed by atoms with E-state index in [1.165, 1.54) is 23.7 Å². The van der Waals surface area contributed by atoms with Gasteiger partial charge in [0.05, 0.1) is 5.25 Å². The van der Waals surface area contributed by atoms with E-state index >= 15 is 0 Å². The predicted octanol–water partition coefficient (Wildman–Crippen LogP) is 3.44. The topological polar surface area (TPSA) is 70.7 Å². The van der Waals surface area contributed by atoms with Crippen molar-refractivity contribution < 1.29 is 4.79 Å². The molecule has 5 nitrogen and oxygen atoms in total. The van der Waals surface area contributed by atoms with Crippen molar-refractivity contribution in [3.05, 3.63) is 36.2 Å². The molecule has 0 fully saturated rings. The molecule has 112 valence electrons. The molecule has 0 aliphatic rings. The van der Waals surface area contributed by atoms with E-state index in [2.05, 4.69) is 40.4 Å². The fraction of sp³-hybridized carbons (Fsp3) is 0.400. The van der Waals surface area contributed by atoms with E-state index in [4.69, 9.17) is 0 Å². The van der Waals surface area contributed by atoms with Crippen molar-refractivity contribution in [3.8, 4) is 0 Å². The first kappa shape index (κ1) is 15.6. The maximum atomic E-state index is 12.3. The summed E-state index contributed by atoms with van der Waals surface area (Å²) in [6.45, 7) is 6.16. The average Bonchev–Trinajstić information content (AvgIpc) is 2.99. The molecule has 2 aromatic rings. The summed E-state index contributed by atoms with van der Waals surface area (Å²) in [5.74, 6) is 0.380. The van der Waals surface area contributed by atoms with Crippen LogP contribution >= 0.6 is 11.8 Å². The first-order chi connectivity index (χ1) is 10.1. The number of nitrogens with one attached hydrogen (secondary N) is 2. The van der Waals surface area contributed by atoms with Gasteiger partial charge in [-0.2, -0.15) is 5.10 Å². The lowest BCUT2D eigenvalue weighted by atomic mass is 9.97. The second-order valence-electron chi connectivity index (χ2n) is 4.94.